The first-order valence-electron chi connectivity index (χ1n) is 7.02. The molecule has 0 aliphatic heterocycles. The summed E-state index contributed by atoms with van der Waals surface area (Å²) in [5, 5.41) is 0.0341. The fraction of sp³-hybridized carbons (Fsp3) is 0.625. The number of hydrogen-bond donors (Lipinski definition) is 0. The molecule has 1 aromatic rings. The van der Waals surface area contributed by atoms with Crippen LogP contribution in [0, 0.1) is 12.3 Å². The van der Waals surface area contributed by atoms with Gasteiger partial charge in [0.1, 0.15) is 5.75 Å². The molecule has 1 fully saturated rings. The summed E-state index contributed by atoms with van der Waals surface area (Å²) in [7, 11) is 1.73. The smallest absolute Gasteiger partial charge is 0.123 e. The van der Waals surface area contributed by atoms with E-state index >= 15 is 0 Å². The Morgan fingerprint density at radius 1 is 1.37 bits per heavy atom. The molecule has 1 unspecified atom stereocenters. The van der Waals surface area contributed by atoms with Gasteiger partial charge in [-0.25, -0.2) is 0 Å². The SMILES string of the molecule is CCC1(C(Cl)c2cc(Br)c(C)cc2OC)CCCC1. The predicted octanol–water partition coefficient (Wildman–Crippen LogP) is 6.02. The second kappa shape index (κ2) is 6.05. The summed E-state index contributed by atoms with van der Waals surface area (Å²) in [5.41, 5.74) is 2.55. The van der Waals surface area contributed by atoms with Crippen LogP contribution in [0.5, 0.6) is 5.75 Å². The van der Waals surface area contributed by atoms with Crippen molar-refractivity contribution in [1.29, 1.82) is 0 Å². The molecule has 1 atom stereocenters. The van der Waals surface area contributed by atoms with E-state index in [-0.39, 0.29) is 10.8 Å². The van der Waals surface area contributed by atoms with Gasteiger partial charge in [-0.05, 0) is 49.3 Å². The molecule has 0 heterocycles. The summed E-state index contributed by atoms with van der Waals surface area (Å²) in [4.78, 5) is 0. The highest BCUT2D eigenvalue weighted by molar-refractivity contribution is 9.10. The minimum atomic E-state index is 0.0341. The third-order valence-corrected chi connectivity index (χ3v) is 6.18. The van der Waals surface area contributed by atoms with Crippen molar-refractivity contribution in [3.8, 4) is 5.75 Å². The minimum absolute atomic E-state index is 0.0341. The molecule has 0 saturated heterocycles. The summed E-state index contributed by atoms with van der Waals surface area (Å²) >= 11 is 10.5. The molecule has 0 spiro atoms. The van der Waals surface area contributed by atoms with Gasteiger partial charge in [0.2, 0.25) is 0 Å². The third kappa shape index (κ3) is 2.80. The van der Waals surface area contributed by atoms with Crippen LogP contribution < -0.4 is 4.74 Å². The highest BCUT2D eigenvalue weighted by Crippen LogP contribution is 2.55. The quantitative estimate of drug-likeness (QED) is 0.607. The monoisotopic (exact) mass is 344 g/mol. The normalized spacial score (nSPS) is 19.4. The Bertz CT molecular complexity index is 452. The summed E-state index contributed by atoms with van der Waals surface area (Å²) < 4.78 is 6.66. The number of rotatable bonds is 4. The van der Waals surface area contributed by atoms with Crippen molar-refractivity contribution in [2.24, 2.45) is 5.41 Å². The van der Waals surface area contributed by atoms with Gasteiger partial charge >= 0.3 is 0 Å². The summed E-state index contributed by atoms with van der Waals surface area (Å²) in [6.07, 6.45) is 6.19. The molecule has 1 aliphatic carbocycles. The fourth-order valence-electron chi connectivity index (χ4n) is 3.24. The van der Waals surface area contributed by atoms with Gasteiger partial charge in [0.15, 0.2) is 0 Å². The molecule has 0 bridgehead atoms. The Kier molecular flexibility index (Phi) is 4.84. The van der Waals surface area contributed by atoms with Crippen LogP contribution in [0.15, 0.2) is 16.6 Å². The Hall–Kier alpha value is -0.210. The Morgan fingerprint density at radius 3 is 2.53 bits per heavy atom. The highest BCUT2D eigenvalue weighted by atomic mass is 79.9. The van der Waals surface area contributed by atoms with Crippen LogP contribution in [0.4, 0.5) is 0 Å². The Labute approximate surface area is 129 Å². The van der Waals surface area contributed by atoms with E-state index in [9.17, 15) is 0 Å². The van der Waals surface area contributed by atoms with Crippen LogP contribution in [0.25, 0.3) is 0 Å². The molecule has 0 aromatic heterocycles. The van der Waals surface area contributed by atoms with E-state index in [2.05, 4.69) is 41.9 Å². The van der Waals surface area contributed by atoms with Gasteiger partial charge < -0.3 is 4.74 Å². The molecule has 1 saturated carbocycles. The van der Waals surface area contributed by atoms with Gasteiger partial charge in [0, 0.05) is 10.0 Å². The average molecular weight is 346 g/mol. The molecule has 1 aromatic carbocycles. The predicted molar refractivity (Wildman–Crippen MR) is 85.2 cm³/mol. The number of ether oxygens (including phenoxy) is 1. The first-order chi connectivity index (χ1) is 9.04. The lowest BCUT2D eigenvalue weighted by Gasteiger charge is -2.34. The molecular formula is C16H22BrClO. The van der Waals surface area contributed by atoms with E-state index in [1.165, 1.54) is 31.2 Å². The first kappa shape index (κ1) is 15.2. The topological polar surface area (TPSA) is 9.23 Å². The average Bonchev–Trinajstić information content (AvgIpc) is 2.90. The molecule has 1 aliphatic rings. The van der Waals surface area contributed by atoms with Crippen LogP contribution in [0.2, 0.25) is 0 Å². The standard InChI is InChI=1S/C16H22BrClO/c1-4-16(7-5-6-8-16)15(18)12-10-13(17)11(2)9-14(12)19-3/h9-10,15H,4-8H2,1-3H3. The second-order valence-corrected chi connectivity index (χ2v) is 6.92. The van der Waals surface area contributed by atoms with Crippen LogP contribution in [0.1, 0.15) is 55.5 Å². The minimum Gasteiger partial charge on any atom is -0.496 e. The van der Waals surface area contributed by atoms with Crippen LogP contribution in [0.3, 0.4) is 0 Å². The molecule has 3 heteroatoms. The summed E-state index contributed by atoms with van der Waals surface area (Å²) in [6, 6.07) is 4.22. The van der Waals surface area contributed by atoms with E-state index < -0.39 is 0 Å². The van der Waals surface area contributed by atoms with Crippen molar-refractivity contribution >= 4 is 27.5 Å². The number of aryl methyl sites for hydroxylation is 1. The van der Waals surface area contributed by atoms with Crippen LogP contribution in [-0.2, 0) is 0 Å². The summed E-state index contributed by atoms with van der Waals surface area (Å²) in [5.74, 6) is 0.917. The Morgan fingerprint density at radius 2 is 2.00 bits per heavy atom. The van der Waals surface area contributed by atoms with E-state index in [1.807, 2.05) is 0 Å². The molecule has 19 heavy (non-hydrogen) atoms. The highest BCUT2D eigenvalue weighted by Gasteiger charge is 2.40. The maximum atomic E-state index is 6.88. The summed E-state index contributed by atoms with van der Waals surface area (Å²) in [6.45, 7) is 4.33. The van der Waals surface area contributed by atoms with E-state index in [1.54, 1.807) is 7.11 Å². The van der Waals surface area contributed by atoms with E-state index in [4.69, 9.17) is 16.3 Å². The van der Waals surface area contributed by atoms with Crippen molar-refractivity contribution < 1.29 is 4.74 Å². The van der Waals surface area contributed by atoms with Gasteiger partial charge in [-0.3, -0.25) is 0 Å². The second-order valence-electron chi connectivity index (χ2n) is 5.63. The lowest BCUT2D eigenvalue weighted by Crippen LogP contribution is -2.22. The van der Waals surface area contributed by atoms with Gasteiger partial charge in [-0.15, -0.1) is 11.6 Å². The lowest BCUT2D eigenvalue weighted by atomic mass is 9.77. The van der Waals surface area contributed by atoms with Gasteiger partial charge in [0.05, 0.1) is 12.5 Å². The third-order valence-electron chi connectivity index (χ3n) is 4.63. The number of benzene rings is 1. The molecule has 0 amide bonds. The zero-order chi connectivity index (χ0) is 14.0. The number of methoxy groups -OCH3 is 1. The van der Waals surface area contributed by atoms with Crippen molar-refractivity contribution in [3.05, 3.63) is 27.7 Å². The van der Waals surface area contributed by atoms with Gasteiger partial charge in [-0.1, -0.05) is 35.7 Å². The van der Waals surface area contributed by atoms with Gasteiger partial charge in [-0.2, -0.15) is 0 Å². The maximum Gasteiger partial charge on any atom is 0.123 e. The fourth-order valence-corrected chi connectivity index (χ4v) is 4.14. The molecule has 0 N–H and O–H groups in total. The van der Waals surface area contributed by atoms with Crippen molar-refractivity contribution in [3.63, 3.8) is 0 Å². The van der Waals surface area contributed by atoms with E-state index in [0.29, 0.717) is 0 Å². The van der Waals surface area contributed by atoms with Gasteiger partial charge in [0.25, 0.3) is 0 Å². The van der Waals surface area contributed by atoms with Crippen molar-refractivity contribution in [1.82, 2.24) is 0 Å². The van der Waals surface area contributed by atoms with E-state index in [0.717, 1.165) is 22.2 Å². The van der Waals surface area contributed by atoms with Crippen LogP contribution in [-0.4, -0.2) is 7.11 Å². The number of halogens is 2. The molecule has 2 rings (SSSR count). The zero-order valence-corrected chi connectivity index (χ0v) is 14.3. The van der Waals surface area contributed by atoms with Crippen molar-refractivity contribution in [2.45, 2.75) is 51.3 Å². The molecule has 1 nitrogen and oxygen atoms in total. The zero-order valence-electron chi connectivity index (χ0n) is 11.9. The molecule has 0 radical (unpaired) electrons. The molecule has 106 valence electrons. The molecular weight excluding hydrogens is 324 g/mol. The first-order valence-corrected chi connectivity index (χ1v) is 8.25. The maximum absolute atomic E-state index is 6.88. The lowest BCUT2D eigenvalue weighted by molar-refractivity contribution is 0.266. The van der Waals surface area contributed by atoms with Crippen molar-refractivity contribution in [2.75, 3.05) is 7.11 Å². The number of alkyl halides is 1. The largest absolute Gasteiger partial charge is 0.496 e. The number of hydrogen-bond acceptors (Lipinski definition) is 1. The Balaban J connectivity index is 2.42. The van der Waals surface area contributed by atoms with Crippen LogP contribution >= 0.6 is 27.5 Å².